The largest absolute Gasteiger partial charge is 0.417 e. The van der Waals surface area contributed by atoms with E-state index >= 15 is 0 Å². The molecule has 176 valence electrons. The normalized spacial score (nSPS) is 23.2. The van der Waals surface area contributed by atoms with E-state index < -0.39 is 60.1 Å². The van der Waals surface area contributed by atoms with Crippen LogP contribution in [0.2, 0.25) is 0 Å². The fraction of sp³-hybridized carbons (Fsp3) is 0.429. The van der Waals surface area contributed by atoms with Gasteiger partial charge in [-0.15, -0.1) is 11.3 Å². The molecular formula is C21H16F6N2O3S. The molecule has 0 radical (unpaired) electrons. The van der Waals surface area contributed by atoms with Crippen molar-refractivity contribution in [2.75, 3.05) is 18.4 Å². The summed E-state index contributed by atoms with van der Waals surface area (Å²) in [6.07, 6.45) is -3.80. The number of hydrogen-bond acceptors (Lipinski definition) is 4. The maximum atomic E-state index is 14.3. The van der Waals surface area contributed by atoms with Crippen molar-refractivity contribution in [3.8, 4) is 0 Å². The van der Waals surface area contributed by atoms with Crippen LogP contribution in [0.3, 0.4) is 0 Å². The number of rotatable bonds is 3. The van der Waals surface area contributed by atoms with Crippen LogP contribution in [0, 0.1) is 5.82 Å². The number of likely N-dealkylation sites (tertiary alicyclic amines) is 1. The maximum Gasteiger partial charge on any atom is 0.417 e. The smallest absolute Gasteiger partial charge is 0.370 e. The molecule has 0 spiro atoms. The van der Waals surface area contributed by atoms with Gasteiger partial charge in [-0.3, -0.25) is 9.59 Å². The Hall–Kier alpha value is -2.60. The summed E-state index contributed by atoms with van der Waals surface area (Å²) in [5.41, 5.74) is -2.27. The van der Waals surface area contributed by atoms with Gasteiger partial charge in [0.1, 0.15) is 10.8 Å². The molecule has 4 heterocycles. The number of amides is 2. The van der Waals surface area contributed by atoms with Crippen LogP contribution in [-0.4, -0.2) is 41.8 Å². The second-order valence-electron chi connectivity index (χ2n) is 8.30. The standard InChI is InChI=1S/C21H16F6N2O3S/c22-11-3-1-2-10(21(25,26)27)14(11)17(30)28-18-16(19(31)29-7-20(23,24)8-29)15-12-5-4-9(32-12)6-13(15)33-18/h1-3,9,12H,4-8H2,(H,28,30). The Morgan fingerprint density at radius 1 is 1.15 bits per heavy atom. The first kappa shape index (κ1) is 22.2. The Morgan fingerprint density at radius 3 is 2.55 bits per heavy atom. The van der Waals surface area contributed by atoms with Crippen LogP contribution in [0.25, 0.3) is 0 Å². The zero-order chi connectivity index (χ0) is 23.7. The predicted molar refractivity (Wildman–Crippen MR) is 105 cm³/mol. The van der Waals surface area contributed by atoms with Crippen LogP contribution in [-0.2, 0) is 17.3 Å². The molecular weight excluding hydrogens is 474 g/mol. The number of ether oxygens (including phenoxy) is 1. The minimum Gasteiger partial charge on any atom is -0.370 e. The van der Waals surface area contributed by atoms with Crippen molar-refractivity contribution >= 4 is 28.2 Å². The second-order valence-corrected chi connectivity index (χ2v) is 9.41. The predicted octanol–water partition coefficient (Wildman–Crippen LogP) is 5.03. The highest BCUT2D eigenvalue weighted by molar-refractivity contribution is 7.17. The monoisotopic (exact) mass is 490 g/mol. The first-order chi connectivity index (χ1) is 15.4. The molecule has 5 rings (SSSR count). The van der Waals surface area contributed by atoms with Gasteiger partial charge in [-0.25, -0.2) is 13.2 Å². The van der Waals surface area contributed by atoms with Crippen molar-refractivity contribution in [2.45, 2.75) is 43.6 Å². The van der Waals surface area contributed by atoms with Crippen LogP contribution in [0.4, 0.5) is 31.3 Å². The van der Waals surface area contributed by atoms with E-state index in [0.29, 0.717) is 29.3 Å². The summed E-state index contributed by atoms with van der Waals surface area (Å²) in [6.45, 7) is -1.60. The molecule has 2 aromatic rings. The first-order valence-corrected chi connectivity index (χ1v) is 10.9. The van der Waals surface area contributed by atoms with Gasteiger partial charge in [0.05, 0.1) is 42.0 Å². The van der Waals surface area contributed by atoms with Crippen LogP contribution in [0.5, 0.6) is 0 Å². The molecule has 1 aromatic carbocycles. The van der Waals surface area contributed by atoms with E-state index in [1.54, 1.807) is 0 Å². The first-order valence-electron chi connectivity index (χ1n) is 10.1. The van der Waals surface area contributed by atoms with Crippen LogP contribution < -0.4 is 5.32 Å². The van der Waals surface area contributed by atoms with Crippen molar-refractivity contribution < 1.29 is 40.7 Å². The summed E-state index contributed by atoms with van der Waals surface area (Å²) in [5, 5.41) is 2.15. The molecule has 2 fully saturated rings. The lowest BCUT2D eigenvalue weighted by Crippen LogP contribution is -2.58. The molecule has 2 atom stereocenters. The summed E-state index contributed by atoms with van der Waals surface area (Å²) >= 11 is 0.981. The molecule has 0 saturated carbocycles. The van der Waals surface area contributed by atoms with Crippen LogP contribution >= 0.6 is 11.3 Å². The van der Waals surface area contributed by atoms with Gasteiger partial charge in [0.15, 0.2) is 0 Å². The molecule has 1 N–H and O–H groups in total. The molecule has 2 saturated heterocycles. The number of nitrogens with one attached hydrogen (secondary N) is 1. The summed E-state index contributed by atoms with van der Waals surface area (Å²) in [6, 6.07) is 2.15. The Labute approximate surface area is 187 Å². The van der Waals surface area contributed by atoms with Gasteiger partial charge in [-0.2, -0.15) is 13.2 Å². The molecule has 5 nitrogen and oxygen atoms in total. The van der Waals surface area contributed by atoms with E-state index in [1.807, 2.05) is 0 Å². The third-order valence-corrected chi connectivity index (χ3v) is 7.13. The SMILES string of the molecule is O=C(Nc1sc2c(c1C(=O)N1CC(F)(F)C1)C1CCC(C2)O1)c1c(F)cccc1C(F)(F)F. The average molecular weight is 490 g/mol. The maximum absolute atomic E-state index is 14.3. The number of benzene rings is 1. The molecule has 1 aromatic heterocycles. The van der Waals surface area contributed by atoms with Gasteiger partial charge >= 0.3 is 6.18 Å². The molecule has 0 aliphatic carbocycles. The number of nitrogens with zero attached hydrogens (tertiary/aromatic N) is 1. The zero-order valence-corrected chi connectivity index (χ0v) is 17.6. The quantitative estimate of drug-likeness (QED) is 0.615. The minimum atomic E-state index is -4.99. The third kappa shape index (κ3) is 3.78. The lowest BCUT2D eigenvalue weighted by atomic mass is 9.99. The van der Waals surface area contributed by atoms with Crippen LogP contribution in [0.15, 0.2) is 18.2 Å². The van der Waals surface area contributed by atoms with E-state index in [-0.39, 0.29) is 16.7 Å². The van der Waals surface area contributed by atoms with E-state index in [4.69, 9.17) is 4.74 Å². The highest BCUT2D eigenvalue weighted by Gasteiger charge is 2.49. The topological polar surface area (TPSA) is 58.6 Å². The van der Waals surface area contributed by atoms with Gasteiger partial charge in [-0.05, 0) is 25.0 Å². The lowest BCUT2D eigenvalue weighted by molar-refractivity contribution is -0.138. The van der Waals surface area contributed by atoms with Crippen molar-refractivity contribution in [1.82, 2.24) is 4.90 Å². The van der Waals surface area contributed by atoms with Crippen LogP contribution in [0.1, 0.15) is 55.7 Å². The number of fused-ring (bicyclic) bond motifs is 4. The number of hydrogen-bond donors (Lipinski definition) is 1. The number of thiophene rings is 1. The van der Waals surface area contributed by atoms with Crippen molar-refractivity contribution in [1.29, 1.82) is 0 Å². The van der Waals surface area contributed by atoms with Gasteiger partial charge < -0.3 is 15.0 Å². The highest BCUT2D eigenvalue weighted by atomic mass is 32.1. The molecule has 33 heavy (non-hydrogen) atoms. The molecule has 12 heteroatoms. The number of carbonyl (C=O) groups is 2. The second kappa shape index (κ2) is 7.45. The summed E-state index contributed by atoms with van der Waals surface area (Å²) < 4.78 is 87.0. The van der Waals surface area contributed by atoms with E-state index in [0.717, 1.165) is 34.8 Å². The Bertz CT molecular complexity index is 1150. The zero-order valence-electron chi connectivity index (χ0n) is 16.8. The van der Waals surface area contributed by atoms with Gasteiger partial charge in [0, 0.05) is 16.9 Å². The van der Waals surface area contributed by atoms with Crippen molar-refractivity contribution in [2.24, 2.45) is 0 Å². The van der Waals surface area contributed by atoms with Gasteiger partial charge in [0.25, 0.3) is 17.7 Å². The summed E-state index contributed by atoms with van der Waals surface area (Å²) in [5.74, 6) is -6.56. The fourth-order valence-corrected chi connectivity index (χ4v) is 5.83. The van der Waals surface area contributed by atoms with Crippen molar-refractivity contribution in [3.05, 3.63) is 51.1 Å². The van der Waals surface area contributed by atoms with Gasteiger partial charge in [0.2, 0.25) is 0 Å². The summed E-state index contributed by atoms with van der Waals surface area (Å²) in [4.78, 5) is 27.5. The third-order valence-electron chi connectivity index (χ3n) is 5.98. The summed E-state index contributed by atoms with van der Waals surface area (Å²) in [7, 11) is 0. The average Bonchev–Trinajstić information content (AvgIpc) is 3.26. The Balaban J connectivity index is 1.54. The molecule has 2 unspecified atom stereocenters. The van der Waals surface area contributed by atoms with Crippen molar-refractivity contribution in [3.63, 3.8) is 0 Å². The number of alkyl halides is 5. The number of carbonyl (C=O) groups excluding carboxylic acids is 2. The molecule has 2 amide bonds. The van der Waals surface area contributed by atoms with Gasteiger partial charge in [-0.1, -0.05) is 6.07 Å². The van der Waals surface area contributed by atoms with E-state index in [2.05, 4.69) is 5.32 Å². The minimum absolute atomic E-state index is 0.0749. The fourth-order valence-electron chi connectivity index (χ4n) is 4.53. The molecule has 3 aliphatic heterocycles. The van der Waals surface area contributed by atoms with E-state index in [1.165, 1.54) is 0 Å². The highest BCUT2D eigenvalue weighted by Crippen LogP contribution is 2.49. The number of halogens is 6. The lowest BCUT2D eigenvalue weighted by Gasteiger charge is -2.39. The molecule has 2 bridgehead atoms. The Kier molecular flexibility index (Phi) is 5.02. The van der Waals surface area contributed by atoms with E-state index in [9.17, 15) is 35.9 Å². The number of anilines is 1. The molecule has 3 aliphatic rings. The Morgan fingerprint density at radius 2 is 1.88 bits per heavy atom.